The number of imidazole rings is 1. The fourth-order valence-corrected chi connectivity index (χ4v) is 6.63. The van der Waals surface area contributed by atoms with E-state index in [0.29, 0.717) is 47.0 Å². The number of nitrogens with zero attached hydrogens (tertiary/aromatic N) is 4. The molecular formula is C26H27FN6O3S. The molecule has 2 aliphatic rings. The second-order valence-electron chi connectivity index (χ2n) is 9.66. The minimum absolute atomic E-state index is 0.0384. The molecule has 0 fully saturated rings. The van der Waals surface area contributed by atoms with Crippen molar-refractivity contribution in [3.05, 3.63) is 81.4 Å². The van der Waals surface area contributed by atoms with Crippen molar-refractivity contribution in [2.45, 2.75) is 38.1 Å². The zero-order valence-corrected chi connectivity index (χ0v) is 21.6. The first kappa shape index (κ1) is 23.7. The van der Waals surface area contributed by atoms with Gasteiger partial charge in [-0.3, -0.25) is 9.13 Å². The average molecular weight is 523 g/mol. The highest BCUT2D eigenvalue weighted by molar-refractivity contribution is 7.91. The summed E-state index contributed by atoms with van der Waals surface area (Å²) in [6.07, 6.45) is 4.05. The molecule has 11 heteroatoms. The minimum atomic E-state index is -3.34. The van der Waals surface area contributed by atoms with Crippen LogP contribution in [0.3, 0.4) is 0 Å². The van der Waals surface area contributed by atoms with Crippen molar-refractivity contribution in [1.29, 1.82) is 0 Å². The van der Waals surface area contributed by atoms with Gasteiger partial charge in [-0.15, -0.1) is 0 Å². The predicted octanol–water partition coefficient (Wildman–Crippen LogP) is 2.98. The SMILES string of the molecule is Cc1cc(-n2nc3c(c2-n2ccn(-c4ccc5c(c4)NCCS5(=O)=O)c2=O)[C@H](C)NCC3)cc(C)c1F. The monoisotopic (exact) mass is 522 g/mol. The van der Waals surface area contributed by atoms with Crippen LogP contribution in [0.5, 0.6) is 0 Å². The van der Waals surface area contributed by atoms with E-state index in [1.54, 1.807) is 59.8 Å². The van der Waals surface area contributed by atoms with E-state index in [4.69, 9.17) is 5.10 Å². The van der Waals surface area contributed by atoms with E-state index in [0.717, 1.165) is 17.8 Å². The third-order valence-corrected chi connectivity index (χ3v) is 8.92. The maximum atomic E-state index is 14.4. The summed E-state index contributed by atoms with van der Waals surface area (Å²) >= 11 is 0. The number of hydrogen-bond acceptors (Lipinski definition) is 6. The maximum absolute atomic E-state index is 14.4. The lowest BCUT2D eigenvalue weighted by molar-refractivity contribution is 0.536. The molecule has 0 unspecified atom stereocenters. The first-order valence-corrected chi connectivity index (χ1v) is 13.8. The summed E-state index contributed by atoms with van der Waals surface area (Å²) in [5, 5.41) is 11.4. The summed E-state index contributed by atoms with van der Waals surface area (Å²) in [4.78, 5) is 14.0. The van der Waals surface area contributed by atoms with Crippen LogP contribution in [0.2, 0.25) is 0 Å². The Morgan fingerprint density at radius 2 is 1.76 bits per heavy atom. The summed E-state index contributed by atoms with van der Waals surface area (Å²) in [6, 6.07) is 8.29. The first-order valence-electron chi connectivity index (χ1n) is 12.2. The van der Waals surface area contributed by atoms with Crippen molar-refractivity contribution < 1.29 is 12.8 Å². The van der Waals surface area contributed by atoms with Crippen molar-refractivity contribution >= 4 is 15.5 Å². The molecule has 0 spiro atoms. The van der Waals surface area contributed by atoms with E-state index < -0.39 is 9.84 Å². The number of aromatic nitrogens is 4. The number of anilines is 1. The van der Waals surface area contributed by atoms with Crippen LogP contribution < -0.4 is 16.3 Å². The molecule has 2 aromatic carbocycles. The Kier molecular flexibility index (Phi) is 5.39. The van der Waals surface area contributed by atoms with Gasteiger partial charge in [-0.1, -0.05) is 0 Å². The molecule has 2 N–H and O–H groups in total. The Balaban J connectivity index is 1.54. The molecule has 2 aliphatic heterocycles. The van der Waals surface area contributed by atoms with E-state index in [2.05, 4.69) is 10.6 Å². The predicted molar refractivity (Wildman–Crippen MR) is 139 cm³/mol. The minimum Gasteiger partial charge on any atom is -0.383 e. The van der Waals surface area contributed by atoms with Crippen molar-refractivity contribution in [2.75, 3.05) is 24.2 Å². The highest BCUT2D eigenvalue weighted by Crippen LogP contribution is 2.32. The number of aryl methyl sites for hydroxylation is 2. The number of halogens is 1. The number of hydrogen-bond donors (Lipinski definition) is 2. The van der Waals surface area contributed by atoms with Gasteiger partial charge < -0.3 is 10.6 Å². The summed E-state index contributed by atoms with van der Waals surface area (Å²) < 4.78 is 44.0. The van der Waals surface area contributed by atoms with Crippen LogP contribution in [0.4, 0.5) is 10.1 Å². The van der Waals surface area contributed by atoms with Crippen LogP contribution in [0.1, 0.15) is 35.3 Å². The summed E-state index contributed by atoms with van der Waals surface area (Å²) in [6.45, 7) is 6.55. The molecule has 6 rings (SSSR count). The van der Waals surface area contributed by atoms with Crippen LogP contribution >= 0.6 is 0 Å². The zero-order valence-electron chi connectivity index (χ0n) is 20.7. The van der Waals surface area contributed by atoms with Gasteiger partial charge in [-0.2, -0.15) is 5.10 Å². The average Bonchev–Trinajstić information content (AvgIpc) is 3.43. The molecule has 4 aromatic rings. The third-order valence-electron chi connectivity index (χ3n) is 7.15. The van der Waals surface area contributed by atoms with Gasteiger partial charge >= 0.3 is 5.69 Å². The van der Waals surface area contributed by atoms with E-state index in [1.807, 2.05) is 6.92 Å². The fraction of sp³-hybridized carbons (Fsp3) is 0.308. The molecule has 9 nitrogen and oxygen atoms in total. The molecule has 1 atom stereocenters. The Hall–Kier alpha value is -3.70. The lowest BCUT2D eigenvalue weighted by atomic mass is 10.0. The van der Waals surface area contributed by atoms with E-state index >= 15 is 0 Å². The van der Waals surface area contributed by atoms with Crippen LogP contribution in [-0.4, -0.2) is 46.2 Å². The van der Waals surface area contributed by atoms with E-state index in [9.17, 15) is 17.6 Å². The van der Waals surface area contributed by atoms with Gasteiger partial charge in [0.25, 0.3) is 0 Å². The van der Waals surface area contributed by atoms with Gasteiger partial charge in [0.2, 0.25) is 0 Å². The molecule has 0 radical (unpaired) electrons. The Morgan fingerprint density at radius 3 is 2.51 bits per heavy atom. The van der Waals surface area contributed by atoms with Crippen LogP contribution in [0, 0.1) is 19.7 Å². The number of benzene rings is 2. The molecule has 2 aromatic heterocycles. The van der Waals surface area contributed by atoms with E-state index in [-0.39, 0.29) is 28.2 Å². The molecule has 0 saturated heterocycles. The van der Waals surface area contributed by atoms with Crippen molar-refractivity contribution in [3.8, 4) is 17.2 Å². The zero-order chi connectivity index (χ0) is 26.1. The van der Waals surface area contributed by atoms with Crippen LogP contribution in [-0.2, 0) is 16.3 Å². The van der Waals surface area contributed by atoms with Gasteiger partial charge in [0.05, 0.1) is 33.4 Å². The van der Waals surface area contributed by atoms with Crippen LogP contribution in [0.15, 0.2) is 52.4 Å². The van der Waals surface area contributed by atoms with Crippen molar-refractivity contribution in [2.24, 2.45) is 0 Å². The smallest absolute Gasteiger partial charge is 0.338 e. The Bertz CT molecular complexity index is 1710. The van der Waals surface area contributed by atoms with Gasteiger partial charge in [-0.25, -0.2) is 22.3 Å². The van der Waals surface area contributed by atoms with Gasteiger partial charge in [0.1, 0.15) is 11.6 Å². The lowest BCUT2D eigenvalue weighted by Crippen LogP contribution is -2.30. The maximum Gasteiger partial charge on any atom is 0.338 e. The molecule has 0 amide bonds. The normalized spacial score (nSPS) is 18.2. The summed E-state index contributed by atoms with van der Waals surface area (Å²) in [7, 11) is -3.34. The van der Waals surface area contributed by atoms with Crippen LogP contribution in [0.25, 0.3) is 17.2 Å². The second-order valence-corrected chi connectivity index (χ2v) is 11.7. The Labute approximate surface area is 213 Å². The van der Waals surface area contributed by atoms with Gasteiger partial charge in [-0.05, 0) is 62.2 Å². The standard InChI is InChI=1S/C26H27FN6O3S/c1-15-12-19(13-16(2)24(15)27)33-25(23-17(3)28-7-6-20(23)30-33)32-10-9-31(26(32)34)18-4-5-22-21(14-18)29-8-11-37(22,35)36/h4-5,9-10,12-14,17,28-29H,6-8,11H2,1-3H3/t17-/m0/s1. The molecule has 0 bridgehead atoms. The lowest BCUT2D eigenvalue weighted by Gasteiger charge is -2.21. The Morgan fingerprint density at radius 1 is 1.03 bits per heavy atom. The van der Waals surface area contributed by atoms with Gasteiger partial charge in [0.15, 0.2) is 9.84 Å². The molecule has 0 aliphatic carbocycles. The number of sulfone groups is 1. The topological polar surface area (TPSA) is 103 Å². The molecule has 0 saturated carbocycles. The number of rotatable bonds is 3. The largest absolute Gasteiger partial charge is 0.383 e. The molecule has 192 valence electrons. The second kappa shape index (κ2) is 8.42. The highest BCUT2D eigenvalue weighted by atomic mass is 32.2. The molecular weight excluding hydrogens is 495 g/mol. The first-order chi connectivity index (χ1) is 17.7. The van der Waals surface area contributed by atoms with Gasteiger partial charge in [0, 0.05) is 43.5 Å². The fourth-order valence-electron chi connectivity index (χ4n) is 5.30. The summed E-state index contributed by atoms with van der Waals surface area (Å²) in [5.41, 5.74) is 4.20. The molecule has 37 heavy (non-hydrogen) atoms. The van der Waals surface area contributed by atoms with Crippen molar-refractivity contribution in [1.82, 2.24) is 24.2 Å². The third kappa shape index (κ3) is 3.72. The number of nitrogens with one attached hydrogen (secondary N) is 2. The number of fused-ring (bicyclic) bond motifs is 2. The quantitative estimate of drug-likeness (QED) is 0.429. The molecule has 4 heterocycles. The van der Waals surface area contributed by atoms with E-state index in [1.165, 1.54) is 10.6 Å². The van der Waals surface area contributed by atoms with Crippen molar-refractivity contribution in [3.63, 3.8) is 0 Å². The highest BCUT2D eigenvalue weighted by Gasteiger charge is 2.29. The summed E-state index contributed by atoms with van der Waals surface area (Å²) in [5.74, 6) is 0.380.